The van der Waals surface area contributed by atoms with E-state index >= 15 is 0 Å². The molecule has 2 heterocycles. The van der Waals surface area contributed by atoms with Gasteiger partial charge in [0.2, 0.25) is 0 Å². The van der Waals surface area contributed by atoms with Crippen molar-refractivity contribution >= 4 is 28.8 Å². The fourth-order valence-electron chi connectivity index (χ4n) is 1.41. The van der Waals surface area contributed by atoms with Crippen LogP contribution in [0, 0.1) is 0 Å². The van der Waals surface area contributed by atoms with E-state index in [4.69, 9.17) is 11.6 Å². The van der Waals surface area contributed by atoms with Gasteiger partial charge in [-0.2, -0.15) is 0 Å². The zero-order valence-electron chi connectivity index (χ0n) is 6.99. The molecule has 1 saturated heterocycles. The normalized spacial score (nSPS) is 16.5. The molecule has 1 aromatic rings. The third-order valence-electron chi connectivity index (χ3n) is 2.05. The topological polar surface area (TPSA) is 33.2 Å². The molecule has 1 aliphatic heterocycles. The van der Waals surface area contributed by atoms with Gasteiger partial charge in [0.15, 0.2) is 5.01 Å². The number of likely N-dealkylation sites (tertiary alicyclic amines) is 1. The quantitative estimate of drug-likeness (QED) is 0.720. The van der Waals surface area contributed by atoms with Crippen LogP contribution in [0.2, 0.25) is 4.34 Å². The highest BCUT2D eigenvalue weighted by Gasteiger charge is 2.21. The number of hydrogen-bond acceptors (Lipinski definition) is 3. The van der Waals surface area contributed by atoms with E-state index in [2.05, 4.69) is 4.98 Å². The van der Waals surface area contributed by atoms with Crippen molar-refractivity contribution < 1.29 is 4.79 Å². The molecule has 0 N–H and O–H groups in total. The van der Waals surface area contributed by atoms with Crippen molar-refractivity contribution in [3.8, 4) is 0 Å². The number of halogens is 1. The van der Waals surface area contributed by atoms with Crippen LogP contribution < -0.4 is 0 Å². The van der Waals surface area contributed by atoms with Gasteiger partial charge >= 0.3 is 0 Å². The Balaban J connectivity index is 2.12. The third kappa shape index (κ3) is 1.84. The average molecular weight is 217 g/mol. The molecule has 1 fully saturated rings. The van der Waals surface area contributed by atoms with E-state index in [9.17, 15) is 4.79 Å². The highest BCUT2D eigenvalue weighted by Crippen LogP contribution is 2.21. The Morgan fingerprint density at radius 3 is 2.77 bits per heavy atom. The maximum absolute atomic E-state index is 11.7. The molecular formula is C8H9ClN2OS. The smallest absolute Gasteiger partial charge is 0.282 e. The molecule has 0 atom stereocenters. The van der Waals surface area contributed by atoms with Crippen LogP contribution >= 0.6 is 22.9 Å². The summed E-state index contributed by atoms with van der Waals surface area (Å²) >= 11 is 6.94. The summed E-state index contributed by atoms with van der Waals surface area (Å²) in [5, 5.41) is 0.506. The lowest BCUT2D eigenvalue weighted by atomic mass is 10.4. The molecule has 5 heteroatoms. The van der Waals surface area contributed by atoms with Crippen LogP contribution in [0.1, 0.15) is 22.6 Å². The van der Waals surface area contributed by atoms with Crippen LogP contribution in [-0.4, -0.2) is 28.9 Å². The average Bonchev–Trinajstić information content (AvgIpc) is 2.72. The van der Waals surface area contributed by atoms with Gasteiger partial charge in [-0.3, -0.25) is 4.79 Å². The van der Waals surface area contributed by atoms with Crippen LogP contribution in [0.25, 0.3) is 0 Å². The first-order valence-corrected chi connectivity index (χ1v) is 5.37. The molecule has 13 heavy (non-hydrogen) atoms. The zero-order chi connectivity index (χ0) is 9.26. The maximum Gasteiger partial charge on any atom is 0.282 e. The first-order chi connectivity index (χ1) is 6.27. The number of carbonyl (C=O) groups is 1. The minimum absolute atomic E-state index is 0.0226. The Labute approximate surface area is 85.3 Å². The lowest BCUT2D eigenvalue weighted by Crippen LogP contribution is -2.27. The molecule has 1 aromatic heterocycles. The number of rotatable bonds is 1. The summed E-state index contributed by atoms with van der Waals surface area (Å²) in [5.74, 6) is 0.0226. The monoisotopic (exact) mass is 216 g/mol. The van der Waals surface area contributed by atoms with E-state index < -0.39 is 0 Å². The number of nitrogens with zero attached hydrogens (tertiary/aromatic N) is 2. The predicted octanol–water partition coefficient (Wildman–Crippen LogP) is 2.03. The Hall–Kier alpha value is -0.610. The Bertz CT molecular complexity index is 320. The largest absolute Gasteiger partial charge is 0.337 e. The van der Waals surface area contributed by atoms with E-state index in [1.165, 1.54) is 17.5 Å². The van der Waals surface area contributed by atoms with Gasteiger partial charge in [0.25, 0.3) is 5.91 Å². The number of carbonyl (C=O) groups excluding carboxylic acids is 1. The van der Waals surface area contributed by atoms with Crippen molar-refractivity contribution in [3.05, 3.63) is 15.5 Å². The van der Waals surface area contributed by atoms with Gasteiger partial charge in [0, 0.05) is 13.1 Å². The summed E-state index contributed by atoms with van der Waals surface area (Å²) in [4.78, 5) is 17.5. The van der Waals surface area contributed by atoms with Gasteiger partial charge in [0.1, 0.15) is 4.34 Å². The van der Waals surface area contributed by atoms with E-state index in [1.54, 1.807) is 0 Å². The van der Waals surface area contributed by atoms with Crippen LogP contribution in [0.5, 0.6) is 0 Å². The Morgan fingerprint density at radius 1 is 1.54 bits per heavy atom. The lowest BCUT2D eigenvalue weighted by molar-refractivity contribution is 0.0792. The molecule has 3 nitrogen and oxygen atoms in total. The summed E-state index contributed by atoms with van der Waals surface area (Å²) in [6, 6.07) is 0. The van der Waals surface area contributed by atoms with Crippen molar-refractivity contribution in [2.45, 2.75) is 12.8 Å². The maximum atomic E-state index is 11.7. The van der Waals surface area contributed by atoms with Gasteiger partial charge in [-0.05, 0) is 12.8 Å². The molecule has 0 radical (unpaired) electrons. The van der Waals surface area contributed by atoms with Gasteiger partial charge in [-0.25, -0.2) is 4.98 Å². The second-order valence-electron chi connectivity index (χ2n) is 2.97. The van der Waals surface area contributed by atoms with Crippen LogP contribution in [-0.2, 0) is 0 Å². The van der Waals surface area contributed by atoms with Crippen molar-refractivity contribution in [2.75, 3.05) is 13.1 Å². The molecule has 70 valence electrons. The van der Waals surface area contributed by atoms with E-state index in [-0.39, 0.29) is 5.91 Å². The van der Waals surface area contributed by atoms with E-state index in [1.807, 2.05) is 4.90 Å². The van der Waals surface area contributed by atoms with Gasteiger partial charge in [-0.1, -0.05) is 22.9 Å². The predicted molar refractivity (Wildman–Crippen MR) is 52.3 cm³/mol. The standard InChI is InChI=1S/C8H9ClN2OS/c9-6-5-10-7(13-6)8(12)11-3-1-2-4-11/h5H,1-4H2. The van der Waals surface area contributed by atoms with Crippen LogP contribution in [0.15, 0.2) is 6.20 Å². The highest BCUT2D eigenvalue weighted by atomic mass is 35.5. The second-order valence-corrected chi connectivity index (χ2v) is 4.63. The summed E-state index contributed by atoms with van der Waals surface area (Å²) in [7, 11) is 0. The molecule has 0 spiro atoms. The fraction of sp³-hybridized carbons (Fsp3) is 0.500. The first-order valence-electron chi connectivity index (χ1n) is 4.18. The second kappa shape index (κ2) is 3.64. The van der Waals surface area contributed by atoms with Crippen molar-refractivity contribution in [1.29, 1.82) is 0 Å². The molecule has 0 bridgehead atoms. The summed E-state index contributed by atoms with van der Waals surface area (Å²) < 4.78 is 0.572. The zero-order valence-corrected chi connectivity index (χ0v) is 8.57. The van der Waals surface area contributed by atoms with Crippen LogP contribution in [0.4, 0.5) is 0 Å². The molecule has 0 aromatic carbocycles. The number of aromatic nitrogens is 1. The molecule has 0 aliphatic carbocycles. The lowest BCUT2D eigenvalue weighted by Gasteiger charge is -2.12. The highest BCUT2D eigenvalue weighted by molar-refractivity contribution is 7.17. The van der Waals surface area contributed by atoms with E-state index in [0.717, 1.165) is 25.9 Å². The Kier molecular flexibility index (Phi) is 2.51. The summed E-state index contributed by atoms with van der Waals surface area (Å²) in [6.45, 7) is 1.71. The Morgan fingerprint density at radius 2 is 2.23 bits per heavy atom. The molecule has 1 amide bonds. The number of amides is 1. The number of hydrogen-bond donors (Lipinski definition) is 0. The van der Waals surface area contributed by atoms with E-state index in [0.29, 0.717) is 9.34 Å². The molecule has 1 aliphatic rings. The van der Waals surface area contributed by atoms with Crippen LogP contribution in [0.3, 0.4) is 0 Å². The molecular weight excluding hydrogens is 208 g/mol. The summed E-state index contributed by atoms with van der Waals surface area (Å²) in [6.07, 6.45) is 3.73. The summed E-state index contributed by atoms with van der Waals surface area (Å²) in [5.41, 5.74) is 0. The minimum Gasteiger partial charge on any atom is -0.337 e. The van der Waals surface area contributed by atoms with Gasteiger partial charge < -0.3 is 4.90 Å². The minimum atomic E-state index is 0.0226. The van der Waals surface area contributed by atoms with Gasteiger partial charge in [0.05, 0.1) is 6.20 Å². The molecule has 0 unspecified atom stereocenters. The third-order valence-corrected chi connectivity index (χ3v) is 3.16. The number of thiazole rings is 1. The molecule has 0 saturated carbocycles. The van der Waals surface area contributed by atoms with Crippen molar-refractivity contribution in [3.63, 3.8) is 0 Å². The SMILES string of the molecule is O=C(c1ncc(Cl)s1)N1CCCC1. The first kappa shape index (κ1) is 8.97. The fourth-order valence-corrected chi connectivity index (χ4v) is 2.29. The van der Waals surface area contributed by atoms with Crippen molar-refractivity contribution in [1.82, 2.24) is 9.88 Å². The molecule has 2 rings (SSSR count). The van der Waals surface area contributed by atoms with Gasteiger partial charge in [-0.15, -0.1) is 0 Å². The van der Waals surface area contributed by atoms with Crippen molar-refractivity contribution in [2.24, 2.45) is 0 Å².